The van der Waals surface area contributed by atoms with Gasteiger partial charge in [0.1, 0.15) is 0 Å². The van der Waals surface area contributed by atoms with Crippen molar-refractivity contribution in [2.24, 2.45) is 9.98 Å². The fourth-order valence-electron chi connectivity index (χ4n) is 1.64. The molecule has 2 rings (SSSR count). The number of hydrogen-bond donors (Lipinski definition) is 2. The molecule has 1 unspecified atom stereocenters. The number of nitrogens with zero attached hydrogens (tertiary/aromatic N) is 3. The Morgan fingerprint density at radius 1 is 1.73 bits per heavy atom. The largest absolute Gasteiger partial charge is 0.374 e. The molecule has 0 bridgehead atoms. The van der Waals surface area contributed by atoms with Crippen molar-refractivity contribution < 1.29 is 4.74 Å². The number of nitrogens with one attached hydrogen (secondary N) is 2. The van der Waals surface area contributed by atoms with Crippen LogP contribution >= 0.6 is 0 Å². The zero-order chi connectivity index (χ0) is 10.5. The van der Waals surface area contributed by atoms with Gasteiger partial charge in [0.05, 0.1) is 25.7 Å². The first-order chi connectivity index (χ1) is 7.38. The van der Waals surface area contributed by atoms with Gasteiger partial charge in [-0.25, -0.2) is 4.99 Å². The lowest BCUT2D eigenvalue weighted by atomic mass is 10.3. The molecule has 2 N–H and O–H groups in total. The molecule has 2 aliphatic rings. The lowest BCUT2D eigenvalue weighted by Gasteiger charge is -2.30. The lowest BCUT2D eigenvalue weighted by Crippen LogP contribution is -2.49. The number of morpholine rings is 1. The molecule has 84 valence electrons. The minimum absolute atomic E-state index is 0.257. The second kappa shape index (κ2) is 5.09. The molecule has 1 atom stereocenters. The molecule has 6 heteroatoms. The van der Waals surface area contributed by atoms with Gasteiger partial charge in [-0.15, -0.1) is 0 Å². The minimum Gasteiger partial charge on any atom is -0.374 e. The van der Waals surface area contributed by atoms with Crippen LogP contribution in [0.1, 0.15) is 0 Å². The smallest absolute Gasteiger partial charge is 0.220 e. The summed E-state index contributed by atoms with van der Waals surface area (Å²) in [6.07, 6.45) is 2.07. The minimum atomic E-state index is 0.257. The van der Waals surface area contributed by atoms with Crippen LogP contribution in [0.4, 0.5) is 0 Å². The molecule has 0 aromatic rings. The summed E-state index contributed by atoms with van der Waals surface area (Å²) < 4.78 is 5.61. The van der Waals surface area contributed by atoms with E-state index in [-0.39, 0.29) is 6.10 Å². The average molecular weight is 211 g/mol. The molecule has 2 aliphatic heterocycles. The van der Waals surface area contributed by atoms with Crippen LogP contribution in [0.2, 0.25) is 0 Å². The molecule has 0 aromatic carbocycles. The maximum atomic E-state index is 5.61. The Hall–Kier alpha value is -1.14. The Labute approximate surface area is 89.4 Å². The van der Waals surface area contributed by atoms with Crippen molar-refractivity contribution >= 4 is 12.3 Å². The summed E-state index contributed by atoms with van der Waals surface area (Å²) in [6, 6.07) is 0. The van der Waals surface area contributed by atoms with E-state index in [0.717, 1.165) is 32.9 Å². The Bertz CT molecular complexity index is 259. The van der Waals surface area contributed by atoms with Gasteiger partial charge in [0.25, 0.3) is 0 Å². The fourth-order valence-corrected chi connectivity index (χ4v) is 1.64. The number of aliphatic imine (C=N–C) groups is 2. The van der Waals surface area contributed by atoms with E-state index < -0.39 is 0 Å². The van der Waals surface area contributed by atoms with Gasteiger partial charge in [0.2, 0.25) is 5.96 Å². The molecule has 0 spiro atoms. The van der Waals surface area contributed by atoms with Crippen molar-refractivity contribution in [3.05, 3.63) is 0 Å². The number of rotatable bonds is 2. The van der Waals surface area contributed by atoms with Crippen molar-refractivity contribution in [2.45, 2.75) is 6.10 Å². The Morgan fingerprint density at radius 2 is 2.67 bits per heavy atom. The van der Waals surface area contributed by atoms with Crippen molar-refractivity contribution in [1.82, 2.24) is 15.5 Å². The molecule has 0 radical (unpaired) electrons. The van der Waals surface area contributed by atoms with Crippen LogP contribution < -0.4 is 10.6 Å². The Balaban J connectivity index is 1.80. The molecule has 2 heterocycles. The number of guanidine groups is 1. The van der Waals surface area contributed by atoms with Gasteiger partial charge in [-0.3, -0.25) is 4.99 Å². The Morgan fingerprint density at radius 3 is 3.27 bits per heavy atom. The van der Waals surface area contributed by atoms with Crippen LogP contribution in [0.3, 0.4) is 0 Å². The highest BCUT2D eigenvalue weighted by atomic mass is 16.5. The van der Waals surface area contributed by atoms with E-state index in [1.165, 1.54) is 0 Å². The molecule has 0 saturated carbocycles. The van der Waals surface area contributed by atoms with Gasteiger partial charge < -0.3 is 20.3 Å². The third-order valence-corrected chi connectivity index (χ3v) is 2.44. The molecule has 0 aromatic heterocycles. The number of hydrogen-bond acceptors (Lipinski definition) is 4. The summed E-state index contributed by atoms with van der Waals surface area (Å²) in [4.78, 5) is 10.2. The van der Waals surface area contributed by atoms with Crippen LogP contribution in [0.15, 0.2) is 9.98 Å². The topological polar surface area (TPSA) is 61.2 Å². The second-order valence-corrected chi connectivity index (χ2v) is 3.59. The maximum Gasteiger partial charge on any atom is 0.220 e. The van der Waals surface area contributed by atoms with E-state index in [9.17, 15) is 0 Å². The van der Waals surface area contributed by atoms with E-state index in [1.54, 1.807) is 7.05 Å². The third-order valence-electron chi connectivity index (χ3n) is 2.44. The van der Waals surface area contributed by atoms with Gasteiger partial charge in [-0.1, -0.05) is 0 Å². The monoisotopic (exact) mass is 211 g/mol. The summed E-state index contributed by atoms with van der Waals surface area (Å²) >= 11 is 0. The van der Waals surface area contributed by atoms with Gasteiger partial charge in [-0.2, -0.15) is 0 Å². The normalized spacial score (nSPS) is 29.3. The predicted molar refractivity (Wildman–Crippen MR) is 59.2 cm³/mol. The van der Waals surface area contributed by atoms with Crippen LogP contribution in [-0.4, -0.2) is 63.3 Å². The molecule has 1 fully saturated rings. The van der Waals surface area contributed by atoms with Gasteiger partial charge in [-0.05, 0) is 0 Å². The predicted octanol–water partition coefficient (Wildman–Crippen LogP) is -1.15. The third kappa shape index (κ3) is 2.90. The maximum absolute atomic E-state index is 5.61. The van der Waals surface area contributed by atoms with Gasteiger partial charge in [0.15, 0.2) is 0 Å². The summed E-state index contributed by atoms with van der Waals surface area (Å²) in [7, 11) is 1.73. The van der Waals surface area contributed by atoms with Crippen LogP contribution in [0, 0.1) is 0 Å². The zero-order valence-electron chi connectivity index (χ0n) is 8.94. The van der Waals surface area contributed by atoms with Gasteiger partial charge in [0, 0.05) is 26.7 Å². The lowest BCUT2D eigenvalue weighted by molar-refractivity contribution is 0.0165. The molecule has 1 saturated heterocycles. The first-order valence-electron chi connectivity index (χ1n) is 5.19. The van der Waals surface area contributed by atoms with E-state index in [1.807, 2.05) is 6.34 Å². The zero-order valence-corrected chi connectivity index (χ0v) is 8.94. The van der Waals surface area contributed by atoms with Crippen molar-refractivity contribution in [1.29, 1.82) is 0 Å². The van der Waals surface area contributed by atoms with E-state index in [4.69, 9.17) is 4.74 Å². The van der Waals surface area contributed by atoms with E-state index in [0.29, 0.717) is 5.96 Å². The summed E-state index contributed by atoms with van der Waals surface area (Å²) in [5.74, 6) is 0.689. The number of ether oxygens (including phenoxy) is 1. The first-order valence-corrected chi connectivity index (χ1v) is 5.19. The molecule has 0 amide bonds. The standard InChI is InChI=1S/C9H17N5O/c1-10-9-12-6-14(7-13-9)5-8-4-11-2-3-15-8/h6,8,11H,2-5,7H2,1H3,(H,10,13). The highest BCUT2D eigenvalue weighted by Gasteiger charge is 2.17. The quantitative estimate of drug-likeness (QED) is 0.605. The first kappa shape index (κ1) is 10.4. The molecular weight excluding hydrogens is 194 g/mol. The fraction of sp³-hybridized carbons (Fsp3) is 0.778. The molecule has 0 aliphatic carbocycles. The summed E-state index contributed by atoms with van der Waals surface area (Å²) in [5, 5.41) is 6.41. The van der Waals surface area contributed by atoms with Crippen molar-refractivity contribution in [3.63, 3.8) is 0 Å². The van der Waals surface area contributed by atoms with Crippen molar-refractivity contribution in [2.75, 3.05) is 40.0 Å². The second-order valence-electron chi connectivity index (χ2n) is 3.59. The van der Waals surface area contributed by atoms with Crippen molar-refractivity contribution in [3.8, 4) is 0 Å². The highest BCUT2D eigenvalue weighted by molar-refractivity contribution is 5.88. The van der Waals surface area contributed by atoms with Crippen LogP contribution in [-0.2, 0) is 4.74 Å². The SMILES string of the molecule is CN=C1N=CN(CC2CNCCO2)CN1. The summed E-state index contributed by atoms with van der Waals surface area (Å²) in [5.41, 5.74) is 0. The molecular formula is C9H17N5O. The molecule has 6 nitrogen and oxygen atoms in total. The van der Waals surface area contributed by atoms with E-state index >= 15 is 0 Å². The molecule has 15 heavy (non-hydrogen) atoms. The van der Waals surface area contributed by atoms with Crippen LogP contribution in [0.25, 0.3) is 0 Å². The highest BCUT2D eigenvalue weighted by Crippen LogP contribution is 1.99. The Kier molecular flexibility index (Phi) is 3.52. The van der Waals surface area contributed by atoms with E-state index in [2.05, 4.69) is 25.5 Å². The average Bonchev–Trinajstić information content (AvgIpc) is 2.31. The summed E-state index contributed by atoms with van der Waals surface area (Å²) in [6.45, 7) is 4.27. The van der Waals surface area contributed by atoms with Gasteiger partial charge >= 0.3 is 0 Å². The van der Waals surface area contributed by atoms with Crippen LogP contribution in [0.5, 0.6) is 0 Å².